The van der Waals surface area contributed by atoms with Crippen LogP contribution in [0.1, 0.15) is 39.0 Å². The maximum atomic E-state index is 4.34. The zero-order valence-electron chi connectivity index (χ0n) is 21.6. The molecule has 0 spiro atoms. The smallest absolute Gasteiger partial charge is 0.104 e. The average Bonchev–Trinajstić information content (AvgIpc) is 2.90. The minimum Gasteiger partial charge on any atom is -0.388 e. The van der Waals surface area contributed by atoms with Gasteiger partial charge in [-0.15, -0.1) is 0 Å². The third-order valence-corrected chi connectivity index (χ3v) is 7.10. The molecule has 5 N–H and O–H groups in total. The Hall–Kier alpha value is -2.61. The molecule has 1 fully saturated rings. The van der Waals surface area contributed by atoms with E-state index < -0.39 is 0 Å². The van der Waals surface area contributed by atoms with E-state index in [-0.39, 0.29) is 18.2 Å². The van der Waals surface area contributed by atoms with Crippen LogP contribution in [0.5, 0.6) is 0 Å². The van der Waals surface area contributed by atoms with Gasteiger partial charge < -0.3 is 20.9 Å². The topological polar surface area (TPSA) is 75.8 Å². The largest absolute Gasteiger partial charge is 0.388 e. The molecule has 1 saturated heterocycles. The fourth-order valence-electron chi connectivity index (χ4n) is 4.97. The lowest BCUT2D eigenvalue weighted by Gasteiger charge is -2.43. The number of rotatable bonds is 9. The van der Waals surface area contributed by atoms with Gasteiger partial charge in [0.2, 0.25) is 0 Å². The second-order valence-corrected chi connectivity index (χ2v) is 9.94. The summed E-state index contributed by atoms with van der Waals surface area (Å²) in [5.41, 5.74) is 5.19. The number of hydrogen-bond donors (Lipinski definition) is 5. The Morgan fingerprint density at radius 3 is 2.86 bits per heavy atom. The molecule has 4 atom stereocenters. The molecule has 4 aliphatic rings. The van der Waals surface area contributed by atoms with Gasteiger partial charge in [0.1, 0.15) is 6.17 Å². The Bertz CT molecular complexity index is 922. The highest BCUT2D eigenvalue weighted by Gasteiger charge is 2.35. The number of aliphatic imine (C=N–C) groups is 1. The monoisotopic (exact) mass is 477 g/mol. The lowest BCUT2D eigenvalue weighted by Crippen LogP contribution is -2.63. The second-order valence-electron chi connectivity index (χ2n) is 9.94. The lowest BCUT2D eigenvalue weighted by atomic mass is 9.87. The van der Waals surface area contributed by atoms with Gasteiger partial charge in [-0.2, -0.15) is 0 Å². The molecule has 0 aromatic heterocycles. The Labute approximate surface area is 211 Å². The summed E-state index contributed by atoms with van der Waals surface area (Å²) in [7, 11) is 4.30. The predicted molar refractivity (Wildman–Crippen MR) is 147 cm³/mol. The number of hydrogen-bond acceptors (Lipinski definition) is 7. The highest BCUT2D eigenvalue weighted by molar-refractivity contribution is 5.58. The van der Waals surface area contributed by atoms with Crippen LogP contribution in [-0.2, 0) is 0 Å². The van der Waals surface area contributed by atoms with Crippen molar-refractivity contribution in [1.29, 1.82) is 0 Å². The first-order valence-electron chi connectivity index (χ1n) is 13.2. The van der Waals surface area contributed by atoms with Crippen LogP contribution in [0.4, 0.5) is 0 Å². The van der Waals surface area contributed by atoms with E-state index in [2.05, 4.69) is 100 Å². The molecule has 0 amide bonds. The van der Waals surface area contributed by atoms with Gasteiger partial charge >= 0.3 is 0 Å². The molecule has 35 heavy (non-hydrogen) atoms. The van der Waals surface area contributed by atoms with Crippen LogP contribution in [0.3, 0.4) is 0 Å². The molecular formula is C28H43N7. The standard InChI is InChI=1S/C28H43N7/c1-4-5-6-10-26-25(16-21-11-13-24(14-12-21)35(2)3)28(32-19-23-9-7-8-15-31-23)34-27(33-26)22-17-29-20-30-18-22/h5-6,9-13,17,20,24-25,27-28,31-34H,4,7-8,14-16,18-19H2,1-3H3,(H,29,30)/b6-5-,26-10+. The van der Waals surface area contributed by atoms with Gasteiger partial charge in [0.05, 0.1) is 12.5 Å². The molecule has 3 aliphatic heterocycles. The number of nitrogens with zero attached hydrogens (tertiary/aromatic N) is 2. The minimum atomic E-state index is 0.0253. The van der Waals surface area contributed by atoms with E-state index in [1.807, 2.05) is 6.20 Å². The molecule has 7 nitrogen and oxygen atoms in total. The maximum Gasteiger partial charge on any atom is 0.104 e. The van der Waals surface area contributed by atoms with Crippen molar-refractivity contribution in [3.8, 4) is 0 Å². The van der Waals surface area contributed by atoms with Crippen LogP contribution < -0.4 is 26.6 Å². The van der Waals surface area contributed by atoms with Crippen molar-refractivity contribution in [2.24, 2.45) is 10.9 Å². The van der Waals surface area contributed by atoms with Crippen LogP contribution in [-0.4, -0.2) is 63.3 Å². The van der Waals surface area contributed by atoms with E-state index in [4.69, 9.17) is 0 Å². The van der Waals surface area contributed by atoms with Crippen LogP contribution in [0.25, 0.3) is 0 Å². The molecule has 0 saturated carbocycles. The Morgan fingerprint density at radius 2 is 2.17 bits per heavy atom. The van der Waals surface area contributed by atoms with Gasteiger partial charge in [0, 0.05) is 54.8 Å². The number of nitrogens with one attached hydrogen (secondary N) is 5. The zero-order chi connectivity index (χ0) is 24.5. The van der Waals surface area contributed by atoms with E-state index in [1.54, 1.807) is 6.34 Å². The summed E-state index contributed by atoms with van der Waals surface area (Å²) in [6.07, 6.45) is 25.4. The average molecular weight is 478 g/mol. The van der Waals surface area contributed by atoms with Crippen LogP contribution in [0.15, 0.2) is 76.3 Å². The summed E-state index contributed by atoms with van der Waals surface area (Å²) < 4.78 is 0. The van der Waals surface area contributed by atoms with Crippen molar-refractivity contribution >= 4 is 6.34 Å². The Morgan fingerprint density at radius 1 is 1.26 bits per heavy atom. The summed E-state index contributed by atoms with van der Waals surface area (Å²) in [6.45, 7) is 4.87. The predicted octanol–water partition coefficient (Wildman–Crippen LogP) is 2.88. The molecule has 0 bridgehead atoms. The molecule has 1 aliphatic carbocycles. The van der Waals surface area contributed by atoms with E-state index in [0.29, 0.717) is 6.04 Å². The van der Waals surface area contributed by atoms with E-state index in [0.717, 1.165) is 45.3 Å². The first kappa shape index (κ1) is 25.5. The fourth-order valence-corrected chi connectivity index (χ4v) is 4.97. The third kappa shape index (κ3) is 7.19. The lowest BCUT2D eigenvalue weighted by molar-refractivity contribution is 0.245. The van der Waals surface area contributed by atoms with Crippen molar-refractivity contribution in [3.05, 3.63) is 71.3 Å². The zero-order valence-corrected chi connectivity index (χ0v) is 21.6. The molecule has 0 radical (unpaired) electrons. The molecule has 190 valence electrons. The summed E-state index contributed by atoms with van der Waals surface area (Å²) >= 11 is 0. The molecule has 4 unspecified atom stereocenters. The first-order chi connectivity index (χ1) is 17.1. The van der Waals surface area contributed by atoms with Crippen LogP contribution in [0.2, 0.25) is 0 Å². The van der Waals surface area contributed by atoms with Gasteiger partial charge in [0.25, 0.3) is 0 Å². The van der Waals surface area contributed by atoms with E-state index >= 15 is 0 Å². The first-order valence-corrected chi connectivity index (χ1v) is 13.2. The van der Waals surface area contributed by atoms with Crippen molar-refractivity contribution < 1.29 is 0 Å². The normalized spacial score (nSPS) is 29.9. The van der Waals surface area contributed by atoms with Gasteiger partial charge in [-0.25, -0.2) is 4.99 Å². The SMILES string of the molecule is CC/C=C\C=C1\NC(C2=CN=CNC2)NC(NCC2=CCCCN2)C1CC1=CCC(N(C)C)C=C1. The molecule has 7 heteroatoms. The quantitative estimate of drug-likeness (QED) is 0.352. The van der Waals surface area contributed by atoms with Crippen molar-refractivity contribution in [1.82, 2.24) is 31.5 Å². The highest BCUT2D eigenvalue weighted by Crippen LogP contribution is 2.29. The number of likely N-dealkylation sites (N-methyl/N-ethyl adjacent to an activating group) is 1. The Kier molecular flexibility index (Phi) is 9.40. The minimum absolute atomic E-state index is 0.0253. The van der Waals surface area contributed by atoms with E-state index in [1.165, 1.54) is 29.0 Å². The van der Waals surface area contributed by atoms with Crippen molar-refractivity contribution in [3.63, 3.8) is 0 Å². The molecule has 0 aromatic carbocycles. The van der Waals surface area contributed by atoms with Crippen molar-refractivity contribution in [2.45, 2.75) is 57.4 Å². The molecule has 0 aromatic rings. The summed E-state index contributed by atoms with van der Waals surface area (Å²) in [6, 6.07) is 0.484. The third-order valence-electron chi connectivity index (χ3n) is 7.10. The van der Waals surface area contributed by atoms with Gasteiger partial charge in [0.15, 0.2) is 0 Å². The molecule has 4 rings (SSSR count). The summed E-state index contributed by atoms with van der Waals surface area (Å²) in [5.74, 6) is 0.282. The van der Waals surface area contributed by atoms with E-state index in [9.17, 15) is 0 Å². The second kappa shape index (κ2) is 12.9. The summed E-state index contributed by atoms with van der Waals surface area (Å²) in [5, 5.41) is 18.3. The summed E-state index contributed by atoms with van der Waals surface area (Å²) in [4.78, 5) is 6.62. The molecular weight excluding hydrogens is 434 g/mol. The van der Waals surface area contributed by atoms with Crippen LogP contribution in [0, 0.1) is 5.92 Å². The fraction of sp³-hybridized carbons (Fsp3) is 0.536. The Balaban J connectivity index is 1.57. The number of allylic oxidation sites excluding steroid dienone is 6. The maximum absolute atomic E-state index is 4.34. The molecule has 3 heterocycles. The van der Waals surface area contributed by atoms with Crippen LogP contribution >= 0.6 is 0 Å². The van der Waals surface area contributed by atoms with Crippen molar-refractivity contribution in [2.75, 3.05) is 33.7 Å². The highest BCUT2D eigenvalue weighted by atomic mass is 15.3. The van der Waals surface area contributed by atoms with Gasteiger partial charge in [-0.1, -0.05) is 49.0 Å². The van der Waals surface area contributed by atoms with Gasteiger partial charge in [-0.05, 0) is 52.3 Å². The van der Waals surface area contributed by atoms with Gasteiger partial charge in [-0.3, -0.25) is 10.6 Å².